The van der Waals surface area contributed by atoms with Crippen molar-refractivity contribution in [1.29, 1.82) is 5.26 Å². The Morgan fingerprint density at radius 1 is 1.23 bits per heavy atom. The Bertz CT molecular complexity index is 1920. The van der Waals surface area contributed by atoms with Crippen molar-refractivity contribution >= 4 is 43.7 Å². The van der Waals surface area contributed by atoms with Crippen LogP contribution in [0.3, 0.4) is 0 Å². The first kappa shape index (κ1) is 31.4. The SMILES string of the molecule is Cc1nc(F)ccc1C(Nc1cc(Cl)c2ncc(C#N)c(NCC(C)(C)S(C)(=O)=O)c2c1)c1cn(C2(C(F)(F)F)CC2)nn1. The maximum atomic E-state index is 13.9. The highest BCUT2D eigenvalue weighted by atomic mass is 35.5. The van der Waals surface area contributed by atoms with Crippen LogP contribution in [0.25, 0.3) is 10.9 Å². The summed E-state index contributed by atoms with van der Waals surface area (Å²) in [7, 11) is -3.48. The van der Waals surface area contributed by atoms with Crippen LogP contribution in [0.5, 0.6) is 0 Å². The van der Waals surface area contributed by atoms with Crippen molar-refractivity contribution in [2.24, 2.45) is 0 Å². The Morgan fingerprint density at radius 2 is 1.93 bits per heavy atom. The number of rotatable bonds is 9. The van der Waals surface area contributed by atoms with E-state index in [1.54, 1.807) is 26.8 Å². The van der Waals surface area contributed by atoms with Crippen LogP contribution in [-0.2, 0) is 15.4 Å². The van der Waals surface area contributed by atoms with E-state index < -0.39 is 38.3 Å². The molecule has 232 valence electrons. The summed E-state index contributed by atoms with van der Waals surface area (Å²) in [6.07, 6.45) is -1.14. The third-order valence-electron chi connectivity index (χ3n) is 7.95. The molecule has 0 bridgehead atoms. The number of benzene rings is 1. The summed E-state index contributed by atoms with van der Waals surface area (Å²) in [5, 5.41) is 24.5. The van der Waals surface area contributed by atoms with E-state index in [0.29, 0.717) is 27.8 Å². The molecule has 1 unspecified atom stereocenters. The summed E-state index contributed by atoms with van der Waals surface area (Å²) in [5.41, 5.74) is -0.236. The van der Waals surface area contributed by atoms with Crippen LogP contribution in [-0.4, -0.2) is 57.1 Å². The zero-order valence-electron chi connectivity index (χ0n) is 24.0. The van der Waals surface area contributed by atoms with Gasteiger partial charge in [0.2, 0.25) is 5.95 Å². The van der Waals surface area contributed by atoms with E-state index in [1.165, 1.54) is 24.5 Å². The third kappa shape index (κ3) is 5.63. The quantitative estimate of drug-likeness (QED) is 0.173. The molecule has 16 heteroatoms. The zero-order valence-corrected chi connectivity index (χ0v) is 25.5. The van der Waals surface area contributed by atoms with Gasteiger partial charge in [-0.05, 0) is 51.8 Å². The number of nitriles is 1. The third-order valence-corrected chi connectivity index (χ3v) is 10.4. The molecule has 3 aromatic heterocycles. The number of alkyl halides is 3. The molecule has 5 rings (SSSR count). The lowest BCUT2D eigenvalue weighted by Crippen LogP contribution is -2.38. The Kier molecular flexibility index (Phi) is 7.74. The number of nitrogens with zero attached hydrogens (tertiary/aromatic N) is 6. The Hall–Kier alpha value is -4.03. The molecule has 1 aromatic carbocycles. The zero-order chi connectivity index (χ0) is 32.2. The molecule has 1 saturated carbocycles. The molecule has 44 heavy (non-hydrogen) atoms. The topological polar surface area (TPSA) is 138 Å². The van der Waals surface area contributed by atoms with Gasteiger partial charge in [0.15, 0.2) is 15.4 Å². The highest BCUT2D eigenvalue weighted by Crippen LogP contribution is 2.55. The molecule has 1 aliphatic rings. The predicted molar refractivity (Wildman–Crippen MR) is 157 cm³/mol. The molecule has 0 amide bonds. The van der Waals surface area contributed by atoms with Gasteiger partial charge in [0.1, 0.15) is 11.8 Å². The number of hydrogen-bond donors (Lipinski definition) is 2. The number of aryl methyl sites for hydroxylation is 1. The highest BCUT2D eigenvalue weighted by Gasteiger charge is 2.66. The van der Waals surface area contributed by atoms with Gasteiger partial charge < -0.3 is 10.6 Å². The highest BCUT2D eigenvalue weighted by molar-refractivity contribution is 7.92. The Labute approximate surface area is 255 Å². The Balaban J connectivity index is 1.60. The molecule has 2 N–H and O–H groups in total. The van der Waals surface area contributed by atoms with Crippen molar-refractivity contribution in [3.63, 3.8) is 0 Å². The van der Waals surface area contributed by atoms with Crippen LogP contribution in [0.2, 0.25) is 5.02 Å². The molecule has 10 nitrogen and oxygen atoms in total. The smallest absolute Gasteiger partial charge is 0.382 e. The number of hydrogen-bond acceptors (Lipinski definition) is 9. The van der Waals surface area contributed by atoms with Gasteiger partial charge in [0.25, 0.3) is 0 Å². The number of pyridine rings is 2. The molecule has 0 saturated heterocycles. The number of sulfone groups is 1. The van der Waals surface area contributed by atoms with Crippen molar-refractivity contribution in [3.05, 3.63) is 70.1 Å². The van der Waals surface area contributed by atoms with E-state index in [9.17, 15) is 31.2 Å². The molecule has 0 spiro atoms. The lowest BCUT2D eigenvalue weighted by atomic mass is 10.0. The van der Waals surface area contributed by atoms with Gasteiger partial charge >= 0.3 is 6.18 Å². The number of aromatic nitrogens is 5. The summed E-state index contributed by atoms with van der Waals surface area (Å²) >= 11 is 6.61. The normalized spacial score (nSPS) is 15.5. The standard InChI is InChI=1S/C28H27ClF4N8O2S/c1-15-18(5-6-22(30)37-15)25(21-13-41(40-39-21)27(7-8-27)28(31,32)33)38-17-9-19-23(36-14-26(2,3)44(4,42)43)16(11-34)12-35-24(19)20(29)10-17/h5-6,9-10,12-13,25,38H,7-8,14H2,1-4H3,(H,35,36). The average molecular weight is 651 g/mol. The Morgan fingerprint density at radius 3 is 2.52 bits per heavy atom. The minimum Gasteiger partial charge on any atom is -0.382 e. The van der Waals surface area contributed by atoms with Gasteiger partial charge in [-0.1, -0.05) is 22.9 Å². The van der Waals surface area contributed by atoms with Gasteiger partial charge in [-0.3, -0.25) is 4.98 Å². The monoisotopic (exact) mass is 650 g/mol. The van der Waals surface area contributed by atoms with Crippen LogP contribution < -0.4 is 10.6 Å². The minimum atomic E-state index is -4.53. The first-order valence-electron chi connectivity index (χ1n) is 13.3. The van der Waals surface area contributed by atoms with Gasteiger partial charge in [0.05, 0.1) is 38.8 Å². The predicted octanol–water partition coefficient (Wildman–Crippen LogP) is 5.68. The molecule has 4 aromatic rings. The van der Waals surface area contributed by atoms with Crippen LogP contribution in [0.15, 0.2) is 36.7 Å². The van der Waals surface area contributed by atoms with Crippen LogP contribution in [0.4, 0.5) is 28.9 Å². The lowest BCUT2D eigenvalue weighted by Gasteiger charge is -2.25. The molecule has 1 aliphatic carbocycles. The largest absolute Gasteiger partial charge is 0.413 e. The fraction of sp³-hybridized carbons (Fsp3) is 0.393. The summed E-state index contributed by atoms with van der Waals surface area (Å²) in [6.45, 7) is 4.61. The van der Waals surface area contributed by atoms with Crippen molar-refractivity contribution in [2.45, 2.75) is 56.1 Å². The maximum Gasteiger partial charge on any atom is 0.413 e. The van der Waals surface area contributed by atoms with E-state index >= 15 is 0 Å². The van der Waals surface area contributed by atoms with Crippen LogP contribution >= 0.6 is 11.6 Å². The average Bonchev–Trinajstić information content (AvgIpc) is 3.61. The molecule has 0 radical (unpaired) electrons. The maximum absolute atomic E-state index is 13.9. The van der Waals surface area contributed by atoms with E-state index in [-0.39, 0.29) is 41.4 Å². The van der Waals surface area contributed by atoms with Gasteiger partial charge in [-0.15, -0.1) is 5.10 Å². The second-order valence-electron chi connectivity index (χ2n) is 11.4. The summed E-state index contributed by atoms with van der Waals surface area (Å²) in [6, 6.07) is 6.83. The first-order chi connectivity index (χ1) is 20.5. The molecular formula is C28H27ClF4N8O2S. The summed E-state index contributed by atoms with van der Waals surface area (Å²) in [4.78, 5) is 8.17. The minimum absolute atomic E-state index is 0.0397. The lowest BCUT2D eigenvalue weighted by molar-refractivity contribution is -0.182. The van der Waals surface area contributed by atoms with Crippen LogP contribution in [0.1, 0.15) is 55.2 Å². The van der Waals surface area contributed by atoms with E-state index in [4.69, 9.17) is 11.6 Å². The molecule has 3 heterocycles. The van der Waals surface area contributed by atoms with Gasteiger partial charge in [-0.2, -0.15) is 22.8 Å². The fourth-order valence-electron chi connectivity index (χ4n) is 4.75. The van der Waals surface area contributed by atoms with Crippen molar-refractivity contribution in [3.8, 4) is 6.07 Å². The van der Waals surface area contributed by atoms with Crippen molar-refractivity contribution in [1.82, 2.24) is 25.0 Å². The number of nitrogens with one attached hydrogen (secondary N) is 2. The summed E-state index contributed by atoms with van der Waals surface area (Å²) < 4.78 is 79.7. The second kappa shape index (κ2) is 10.8. The number of halogens is 5. The van der Waals surface area contributed by atoms with Crippen molar-refractivity contribution < 1.29 is 26.0 Å². The fourth-order valence-corrected chi connectivity index (χ4v) is 5.36. The van der Waals surface area contributed by atoms with Crippen molar-refractivity contribution in [2.75, 3.05) is 23.4 Å². The van der Waals surface area contributed by atoms with Gasteiger partial charge in [0, 0.05) is 41.3 Å². The molecule has 0 aliphatic heterocycles. The second-order valence-corrected chi connectivity index (χ2v) is 14.5. The molecule has 1 atom stereocenters. The summed E-state index contributed by atoms with van der Waals surface area (Å²) in [5.74, 6) is -0.737. The number of anilines is 2. The van der Waals surface area contributed by atoms with E-state index in [2.05, 4.69) is 30.9 Å². The number of fused-ring (bicyclic) bond motifs is 1. The van der Waals surface area contributed by atoms with Gasteiger partial charge in [-0.25, -0.2) is 18.1 Å². The molecule has 1 fully saturated rings. The molecular weight excluding hydrogens is 624 g/mol. The van der Waals surface area contributed by atoms with E-state index in [1.807, 2.05) is 6.07 Å². The van der Waals surface area contributed by atoms with E-state index in [0.717, 1.165) is 17.0 Å². The first-order valence-corrected chi connectivity index (χ1v) is 15.6. The van der Waals surface area contributed by atoms with Crippen LogP contribution in [0, 0.1) is 24.2 Å².